The maximum atomic E-state index is 11.8. The first-order valence-corrected chi connectivity index (χ1v) is 8.56. The highest BCUT2D eigenvalue weighted by atomic mass is 35.5. The van der Waals surface area contributed by atoms with Gasteiger partial charge >= 0.3 is 6.09 Å². The number of aromatic nitrogens is 3. The number of benzene rings is 1. The number of nitrogens with one attached hydrogen (secondary N) is 3. The molecule has 25 heavy (non-hydrogen) atoms. The summed E-state index contributed by atoms with van der Waals surface area (Å²) < 4.78 is 5.19. The van der Waals surface area contributed by atoms with Crippen LogP contribution >= 0.6 is 22.9 Å². The molecule has 0 aliphatic carbocycles. The van der Waals surface area contributed by atoms with Crippen molar-refractivity contribution >= 4 is 56.8 Å². The average molecular weight is 382 g/mol. The molecule has 0 saturated carbocycles. The van der Waals surface area contributed by atoms with Crippen molar-refractivity contribution in [2.24, 2.45) is 0 Å². The predicted octanol–water partition coefficient (Wildman–Crippen LogP) is 4.47. The van der Waals surface area contributed by atoms with E-state index in [2.05, 4.69) is 25.6 Å². The minimum Gasteiger partial charge on any atom is -0.493 e. The summed E-state index contributed by atoms with van der Waals surface area (Å²) in [5.41, 5.74) is 1.23. The van der Waals surface area contributed by atoms with Crippen LogP contribution in [0.2, 0.25) is 5.02 Å². The summed E-state index contributed by atoms with van der Waals surface area (Å²) in [5.74, 6) is 0.192. The molecule has 0 radical (unpaired) electrons. The Kier molecular flexibility index (Phi) is 4.44. The van der Waals surface area contributed by atoms with Crippen LogP contribution in [0.4, 0.5) is 21.6 Å². The third-order valence-corrected chi connectivity index (χ3v) is 3.98. The van der Waals surface area contributed by atoms with Crippen LogP contribution in [-0.2, 0) is 4.74 Å². The largest absolute Gasteiger partial charge is 0.493 e. The number of carbonyl (C=O) groups excluding carboxylic acids is 1. The number of ether oxygens (including phenoxy) is 1. The molecule has 0 spiro atoms. The highest BCUT2D eigenvalue weighted by Crippen LogP contribution is 2.32. The van der Waals surface area contributed by atoms with Gasteiger partial charge in [0.05, 0.1) is 27.1 Å². The van der Waals surface area contributed by atoms with E-state index in [1.165, 1.54) is 16.7 Å². The van der Waals surface area contributed by atoms with E-state index in [1.54, 1.807) is 32.9 Å². The highest BCUT2D eigenvalue weighted by molar-refractivity contribution is 7.14. The van der Waals surface area contributed by atoms with Gasteiger partial charge in [0.25, 0.3) is 0 Å². The fourth-order valence-electron chi connectivity index (χ4n) is 2.02. The minimum atomic E-state index is -0.603. The van der Waals surface area contributed by atoms with Gasteiger partial charge in [-0.1, -0.05) is 11.6 Å². The van der Waals surface area contributed by atoms with Crippen LogP contribution in [0.5, 0.6) is 5.88 Å². The molecule has 8 nitrogen and oxygen atoms in total. The highest BCUT2D eigenvalue weighted by Gasteiger charge is 2.17. The molecule has 2 aromatic heterocycles. The van der Waals surface area contributed by atoms with Crippen LogP contribution in [0.1, 0.15) is 20.8 Å². The molecule has 1 aromatic carbocycles. The van der Waals surface area contributed by atoms with Crippen molar-refractivity contribution in [2.75, 3.05) is 10.6 Å². The first kappa shape index (κ1) is 17.3. The van der Waals surface area contributed by atoms with Crippen LogP contribution in [-0.4, -0.2) is 31.8 Å². The van der Waals surface area contributed by atoms with Gasteiger partial charge in [0.1, 0.15) is 5.60 Å². The molecule has 0 atom stereocenters. The number of carbonyl (C=O) groups is 1. The van der Waals surface area contributed by atoms with Gasteiger partial charge < -0.3 is 20.1 Å². The lowest BCUT2D eigenvalue weighted by molar-refractivity contribution is 0.0635. The molecule has 3 rings (SSSR count). The smallest absolute Gasteiger partial charge is 0.414 e. The standard InChI is InChI=1S/C15H16ClN5O3S/c1-15(2,3)24-14(23)21-12-17-9-4-7(16)8(5-10(9)18-12)19-13-20-11(22)6-25-13/h4-6,22H,1-3H3,(H,19,20)(H2,17,18,21,23). The monoisotopic (exact) mass is 381 g/mol. The maximum Gasteiger partial charge on any atom is 0.414 e. The Morgan fingerprint density at radius 3 is 2.76 bits per heavy atom. The number of hydrogen-bond acceptors (Lipinski definition) is 7. The Morgan fingerprint density at radius 2 is 2.12 bits per heavy atom. The number of hydrogen-bond donors (Lipinski definition) is 4. The van der Waals surface area contributed by atoms with Gasteiger partial charge in [0.2, 0.25) is 11.8 Å². The number of thiazole rings is 1. The quantitative estimate of drug-likeness (QED) is 0.532. The molecule has 4 N–H and O–H groups in total. The number of halogens is 1. The summed E-state index contributed by atoms with van der Waals surface area (Å²) in [5, 5.41) is 17.3. The zero-order valence-electron chi connectivity index (χ0n) is 13.7. The van der Waals surface area contributed by atoms with E-state index < -0.39 is 11.7 Å². The number of aromatic amines is 1. The number of H-pyrrole nitrogens is 1. The summed E-state index contributed by atoms with van der Waals surface area (Å²) in [6, 6.07) is 3.40. The van der Waals surface area contributed by atoms with E-state index in [4.69, 9.17) is 16.3 Å². The number of amides is 1. The second kappa shape index (κ2) is 6.41. The molecule has 1 amide bonds. The molecule has 10 heteroatoms. The van der Waals surface area contributed by atoms with E-state index in [0.29, 0.717) is 26.9 Å². The molecular weight excluding hydrogens is 366 g/mol. The Labute approximate surface area is 152 Å². The second-order valence-electron chi connectivity index (χ2n) is 6.20. The SMILES string of the molecule is CC(C)(C)OC(=O)Nc1nc2cc(Nc3nc(O)cs3)c(Cl)cc2[nH]1. The average Bonchev–Trinajstić information content (AvgIpc) is 3.02. The number of rotatable bonds is 3. The van der Waals surface area contributed by atoms with E-state index in [0.717, 1.165) is 0 Å². The summed E-state index contributed by atoms with van der Waals surface area (Å²) in [4.78, 5) is 23.0. The van der Waals surface area contributed by atoms with Gasteiger partial charge in [0, 0.05) is 0 Å². The second-order valence-corrected chi connectivity index (χ2v) is 7.46. The zero-order chi connectivity index (χ0) is 18.2. The number of aromatic hydroxyl groups is 1. The number of fused-ring (bicyclic) bond motifs is 1. The third kappa shape index (κ3) is 4.31. The van der Waals surface area contributed by atoms with Crippen molar-refractivity contribution in [3.63, 3.8) is 0 Å². The molecule has 0 saturated heterocycles. The fraction of sp³-hybridized carbons (Fsp3) is 0.267. The molecular formula is C15H16ClN5O3S. The third-order valence-electron chi connectivity index (χ3n) is 2.92. The van der Waals surface area contributed by atoms with E-state index >= 15 is 0 Å². The van der Waals surface area contributed by atoms with Gasteiger partial charge in [-0.05, 0) is 32.9 Å². The van der Waals surface area contributed by atoms with Gasteiger partial charge in [0.15, 0.2) is 5.13 Å². The Bertz CT molecular complexity index is 931. The number of imidazole rings is 1. The van der Waals surface area contributed by atoms with Crippen LogP contribution < -0.4 is 10.6 Å². The lowest BCUT2D eigenvalue weighted by Gasteiger charge is -2.18. The van der Waals surface area contributed by atoms with Crippen molar-refractivity contribution in [3.8, 4) is 5.88 Å². The van der Waals surface area contributed by atoms with E-state index in [-0.39, 0.29) is 11.8 Å². The molecule has 0 aliphatic heterocycles. The van der Waals surface area contributed by atoms with Gasteiger partial charge in [-0.15, -0.1) is 11.3 Å². The lowest BCUT2D eigenvalue weighted by Crippen LogP contribution is -2.27. The molecule has 2 heterocycles. The molecule has 0 fully saturated rings. The number of anilines is 3. The summed E-state index contributed by atoms with van der Waals surface area (Å²) in [6.45, 7) is 5.33. The zero-order valence-corrected chi connectivity index (χ0v) is 15.2. The topological polar surface area (TPSA) is 112 Å². The van der Waals surface area contributed by atoms with Crippen LogP contribution in [0.15, 0.2) is 17.5 Å². The van der Waals surface area contributed by atoms with Crippen molar-refractivity contribution < 1.29 is 14.6 Å². The van der Waals surface area contributed by atoms with E-state index in [1.807, 2.05) is 0 Å². The lowest BCUT2D eigenvalue weighted by atomic mass is 10.2. The Balaban J connectivity index is 1.82. The first-order valence-electron chi connectivity index (χ1n) is 7.30. The predicted molar refractivity (Wildman–Crippen MR) is 98.0 cm³/mol. The first-order chi connectivity index (χ1) is 11.7. The molecule has 0 bridgehead atoms. The molecule has 0 aliphatic rings. The van der Waals surface area contributed by atoms with Gasteiger partial charge in [-0.25, -0.2) is 9.78 Å². The molecule has 0 unspecified atom stereocenters. The van der Waals surface area contributed by atoms with Crippen LogP contribution in [0.3, 0.4) is 0 Å². The van der Waals surface area contributed by atoms with Gasteiger partial charge in [-0.2, -0.15) is 4.98 Å². The Hall–Kier alpha value is -2.52. The molecule has 132 valence electrons. The maximum absolute atomic E-state index is 11.8. The Morgan fingerprint density at radius 1 is 1.36 bits per heavy atom. The van der Waals surface area contributed by atoms with Crippen molar-refractivity contribution in [1.29, 1.82) is 0 Å². The summed E-state index contributed by atoms with van der Waals surface area (Å²) in [7, 11) is 0. The van der Waals surface area contributed by atoms with Crippen molar-refractivity contribution in [1.82, 2.24) is 15.0 Å². The van der Waals surface area contributed by atoms with Crippen LogP contribution in [0.25, 0.3) is 11.0 Å². The van der Waals surface area contributed by atoms with Crippen molar-refractivity contribution in [2.45, 2.75) is 26.4 Å². The fourth-order valence-corrected chi connectivity index (χ4v) is 2.82. The van der Waals surface area contributed by atoms with Crippen molar-refractivity contribution in [3.05, 3.63) is 22.5 Å². The summed E-state index contributed by atoms with van der Waals surface area (Å²) in [6.07, 6.45) is -0.603. The van der Waals surface area contributed by atoms with Gasteiger partial charge in [-0.3, -0.25) is 5.32 Å². The number of nitrogens with zero attached hydrogens (tertiary/aromatic N) is 2. The minimum absolute atomic E-state index is 0.0617. The van der Waals surface area contributed by atoms with Crippen LogP contribution in [0, 0.1) is 0 Å². The molecule has 3 aromatic rings. The normalized spacial score (nSPS) is 11.5. The van der Waals surface area contributed by atoms with E-state index in [9.17, 15) is 9.90 Å². The summed E-state index contributed by atoms with van der Waals surface area (Å²) >= 11 is 7.50.